The minimum absolute atomic E-state index is 0.0102. The first-order valence-electron chi connectivity index (χ1n) is 16.2. The van der Waals surface area contributed by atoms with Gasteiger partial charge in [0, 0.05) is 41.4 Å². The molecule has 1 aromatic heterocycles. The predicted octanol–water partition coefficient (Wildman–Crippen LogP) is 5.01. The van der Waals surface area contributed by atoms with Crippen LogP contribution >= 0.6 is 23.2 Å². The number of benzene rings is 2. The van der Waals surface area contributed by atoms with Crippen LogP contribution in [0.15, 0.2) is 46.2 Å². The largest absolute Gasteiger partial charge is 0.395 e. The second kappa shape index (κ2) is 13.0. The van der Waals surface area contributed by atoms with Crippen molar-refractivity contribution in [2.75, 3.05) is 36.9 Å². The second-order valence-electron chi connectivity index (χ2n) is 13.7. The van der Waals surface area contributed by atoms with Crippen molar-refractivity contribution in [3.8, 4) is 0 Å². The summed E-state index contributed by atoms with van der Waals surface area (Å²) in [5.74, 6) is 2.73. The number of guanidine groups is 1. The minimum Gasteiger partial charge on any atom is -0.395 e. The molecule has 7 rings (SSSR count). The van der Waals surface area contributed by atoms with Gasteiger partial charge in [-0.25, -0.2) is 9.98 Å². The maximum absolute atomic E-state index is 13.8. The number of nitrogens with one attached hydrogen (secondary N) is 3. The van der Waals surface area contributed by atoms with Gasteiger partial charge < -0.3 is 26.0 Å². The first kappa shape index (κ1) is 32.6. The Morgan fingerprint density at radius 2 is 1.96 bits per heavy atom. The van der Waals surface area contributed by atoms with Crippen LogP contribution in [-0.4, -0.2) is 69.7 Å². The van der Waals surface area contributed by atoms with Crippen molar-refractivity contribution in [2.45, 2.75) is 65.6 Å². The molecule has 1 aliphatic heterocycles. The third-order valence-corrected chi connectivity index (χ3v) is 11.0. The van der Waals surface area contributed by atoms with Crippen molar-refractivity contribution >= 4 is 57.6 Å². The molecule has 1 saturated heterocycles. The third kappa shape index (κ3) is 6.44. The molecule has 4 fully saturated rings. The van der Waals surface area contributed by atoms with Crippen LogP contribution in [0, 0.1) is 23.2 Å². The summed E-state index contributed by atoms with van der Waals surface area (Å²) in [6.07, 6.45) is 2.79. The quantitative estimate of drug-likeness (QED) is 0.197. The highest BCUT2D eigenvalue weighted by molar-refractivity contribution is 6.35. The van der Waals surface area contributed by atoms with Crippen LogP contribution in [-0.2, 0) is 17.8 Å². The Morgan fingerprint density at radius 3 is 2.65 bits per heavy atom. The number of fused-ring (bicyclic) bond motifs is 3. The van der Waals surface area contributed by atoms with E-state index in [4.69, 9.17) is 33.2 Å². The van der Waals surface area contributed by atoms with Crippen LogP contribution < -0.4 is 21.5 Å². The highest BCUT2D eigenvalue weighted by Crippen LogP contribution is 2.61. The summed E-state index contributed by atoms with van der Waals surface area (Å²) in [5.41, 5.74) is 2.25. The first-order valence-corrected chi connectivity index (χ1v) is 16.9. The van der Waals surface area contributed by atoms with Gasteiger partial charge in [-0.15, -0.1) is 0 Å². The van der Waals surface area contributed by atoms with Gasteiger partial charge in [-0.1, -0.05) is 50.0 Å². The molecular weight excluding hydrogens is 625 g/mol. The lowest BCUT2D eigenvalue weighted by atomic mass is 9.45. The van der Waals surface area contributed by atoms with E-state index in [2.05, 4.69) is 36.7 Å². The zero-order chi connectivity index (χ0) is 32.7. The number of aromatic nitrogens is 2. The number of rotatable bonds is 8. The van der Waals surface area contributed by atoms with Gasteiger partial charge in [-0.05, 0) is 85.3 Å². The Kier molecular flexibility index (Phi) is 9.24. The van der Waals surface area contributed by atoms with E-state index in [0.29, 0.717) is 75.5 Å². The van der Waals surface area contributed by atoms with E-state index in [1.165, 1.54) is 6.42 Å². The van der Waals surface area contributed by atoms with E-state index < -0.39 is 0 Å². The summed E-state index contributed by atoms with van der Waals surface area (Å²) in [6, 6.07) is 10.9. The molecule has 4 aliphatic rings. The molecule has 0 spiro atoms. The number of aliphatic hydroxyl groups is 1. The lowest BCUT2D eigenvalue weighted by Gasteiger charge is -2.61. The van der Waals surface area contributed by atoms with Crippen LogP contribution in [0.1, 0.15) is 46.1 Å². The number of aryl methyl sites for hydroxylation is 1. The zero-order valence-electron chi connectivity index (χ0n) is 26.8. The normalized spacial score (nSPS) is 25.6. The van der Waals surface area contributed by atoms with Crippen LogP contribution in [0.2, 0.25) is 10.0 Å². The number of hydrogen-bond acceptors (Lipinski definition) is 6. The van der Waals surface area contributed by atoms with E-state index >= 15 is 0 Å². The molecule has 10 nitrogen and oxygen atoms in total. The molecule has 3 aromatic rings. The summed E-state index contributed by atoms with van der Waals surface area (Å²) >= 11 is 12.5. The summed E-state index contributed by atoms with van der Waals surface area (Å²) in [5, 5.41) is 20.7. The number of aliphatic imine (C=N–C) groups is 1. The predicted molar refractivity (Wildman–Crippen MR) is 185 cm³/mol. The summed E-state index contributed by atoms with van der Waals surface area (Å²) in [4.78, 5) is 38.5. The number of amides is 1. The summed E-state index contributed by atoms with van der Waals surface area (Å²) in [7, 11) is 0. The molecule has 12 heteroatoms. The van der Waals surface area contributed by atoms with E-state index in [0.717, 1.165) is 17.7 Å². The molecule has 2 aromatic carbocycles. The van der Waals surface area contributed by atoms with Gasteiger partial charge in [0.05, 0.1) is 30.1 Å². The average Bonchev–Trinajstić information content (AvgIpc) is 3.00. The van der Waals surface area contributed by atoms with Gasteiger partial charge in [-0.3, -0.25) is 14.2 Å². The summed E-state index contributed by atoms with van der Waals surface area (Å²) in [6.45, 7) is 10.4. The molecule has 46 heavy (non-hydrogen) atoms. The lowest BCUT2D eigenvalue weighted by molar-refractivity contribution is -0.124. The molecular formula is C34H43Cl2N7O3. The van der Waals surface area contributed by atoms with Crippen molar-refractivity contribution in [1.29, 1.82) is 0 Å². The average molecular weight is 669 g/mol. The van der Waals surface area contributed by atoms with Crippen LogP contribution in [0.3, 0.4) is 0 Å². The highest BCUT2D eigenvalue weighted by atomic mass is 35.5. The van der Waals surface area contributed by atoms with E-state index in [-0.39, 0.29) is 43.2 Å². The monoisotopic (exact) mass is 667 g/mol. The van der Waals surface area contributed by atoms with Gasteiger partial charge in [0.25, 0.3) is 5.56 Å². The van der Waals surface area contributed by atoms with Gasteiger partial charge >= 0.3 is 0 Å². The number of hydrogen-bond donors (Lipinski definition) is 4. The maximum atomic E-state index is 13.8. The molecule has 2 heterocycles. The van der Waals surface area contributed by atoms with Crippen LogP contribution in [0.5, 0.6) is 0 Å². The van der Waals surface area contributed by atoms with Crippen LogP contribution in [0.4, 0.5) is 11.6 Å². The maximum Gasteiger partial charge on any atom is 0.262 e. The Morgan fingerprint density at radius 1 is 1.15 bits per heavy atom. The first-order chi connectivity index (χ1) is 21.9. The Hall–Kier alpha value is -3.34. The smallest absolute Gasteiger partial charge is 0.262 e. The number of aliphatic hydroxyl groups excluding tert-OH is 1. The van der Waals surface area contributed by atoms with Crippen molar-refractivity contribution in [3.63, 3.8) is 0 Å². The SMILES string of the molecule is C[C@@H]1[C@@H](/N=C(/Nc2ccc3c(=O)n(CCc4ccc(Cl)cc4Cl)c(NCCO)nc3c2)N2CC(=O)N[C@@H](C)C2)C[C@@H]2C[C@H]1C2(C)C. The fourth-order valence-electron chi connectivity index (χ4n) is 7.63. The number of piperazine rings is 1. The molecule has 3 saturated carbocycles. The minimum atomic E-state index is -0.199. The van der Waals surface area contributed by atoms with Crippen molar-refractivity contribution in [3.05, 3.63) is 62.4 Å². The van der Waals surface area contributed by atoms with E-state index in [1.807, 2.05) is 30.0 Å². The van der Waals surface area contributed by atoms with Crippen molar-refractivity contribution < 1.29 is 9.90 Å². The second-order valence-corrected chi connectivity index (χ2v) is 14.6. The molecule has 4 N–H and O–H groups in total. The molecule has 246 valence electrons. The topological polar surface area (TPSA) is 124 Å². The molecule has 0 unspecified atom stereocenters. The highest BCUT2D eigenvalue weighted by Gasteiger charge is 2.56. The number of nitrogens with zero attached hydrogens (tertiary/aromatic N) is 4. The summed E-state index contributed by atoms with van der Waals surface area (Å²) < 4.78 is 1.58. The molecule has 3 aliphatic carbocycles. The molecule has 0 radical (unpaired) electrons. The van der Waals surface area contributed by atoms with Gasteiger partial charge in [0.1, 0.15) is 0 Å². The van der Waals surface area contributed by atoms with Gasteiger partial charge in [-0.2, -0.15) is 0 Å². The molecule has 1 amide bonds. The van der Waals surface area contributed by atoms with E-state index in [9.17, 15) is 14.7 Å². The van der Waals surface area contributed by atoms with Crippen molar-refractivity contribution in [1.82, 2.24) is 19.8 Å². The number of anilines is 2. The number of carbonyl (C=O) groups excluding carboxylic acids is 1. The van der Waals surface area contributed by atoms with E-state index in [1.54, 1.807) is 22.8 Å². The fourth-order valence-corrected chi connectivity index (χ4v) is 8.14. The Bertz CT molecular complexity index is 1720. The van der Waals surface area contributed by atoms with Gasteiger partial charge in [0.15, 0.2) is 5.96 Å². The fraction of sp³-hybridized carbons (Fsp3) is 0.529. The Labute approximate surface area is 279 Å². The Balaban J connectivity index is 1.31. The molecule has 5 atom stereocenters. The number of halogens is 2. The lowest BCUT2D eigenvalue weighted by Crippen LogP contribution is -2.58. The van der Waals surface area contributed by atoms with Gasteiger partial charge in [0.2, 0.25) is 11.9 Å². The standard InChI is InChI=1S/C34H43Cl2N7O3/c1-19-17-42(18-30(45)38-19)33(40-28-14-22-13-26(20(28)2)34(22,3)4)39-24-7-8-25-29(16-24)41-32(37-10-12-44)43(31(25)46)11-9-21-5-6-23(35)15-27(21)36/h5-8,15-16,19-20,22,26,28,44H,9-14,17-18H2,1-4H3,(H,37,41)(H,38,45)(H,39,40)/t19-,20-,22-,26+,28-/m0/s1. The zero-order valence-corrected chi connectivity index (χ0v) is 28.3. The van der Waals surface area contributed by atoms with Crippen LogP contribution in [0.25, 0.3) is 10.9 Å². The van der Waals surface area contributed by atoms with Crippen molar-refractivity contribution in [2.24, 2.45) is 28.2 Å². The number of carbonyl (C=O) groups is 1. The molecule has 2 bridgehead atoms. The third-order valence-electron chi connectivity index (χ3n) is 10.4.